The van der Waals surface area contributed by atoms with Crippen LogP contribution in [0.4, 0.5) is 4.79 Å². The van der Waals surface area contributed by atoms with E-state index in [1.165, 1.54) is 0 Å². The highest BCUT2D eigenvalue weighted by atomic mass is 32.2. The van der Waals surface area contributed by atoms with Crippen molar-refractivity contribution in [1.29, 1.82) is 0 Å². The SMILES string of the molecule is CC(C)(C)OC(=O)N1CCC(O)(CN2CCSCC2)CC1. The Hall–Kier alpha value is -0.460. The van der Waals surface area contributed by atoms with Gasteiger partial charge in [-0.2, -0.15) is 11.8 Å². The Morgan fingerprint density at radius 2 is 1.76 bits per heavy atom. The molecule has 0 aromatic heterocycles. The van der Waals surface area contributed by atoms with Crippen molar-refractivity contribution >= 4 is 17.9 Å². The summed E-state index contributed by atoms with van der Waals surface area (Å²) < 4.78 is 5.39. The van der Waals surface area contributed by atoms with Crippen LogP contribution in [0, 0.1) is 0 Å². The van der Waals surface area contributed by atoms with Crippen molar-refractivity contribution in [2.75, 3.05) is 44.2 Å². The normalized spacial score (nSPS) is 23.9. The predicted molar refractivity (Wildman–Crippen MR) is 85.8 cm³/mol. The maximum atomic E-state index is 12.0. The monoisotopic (exact) mass is 316 g/mol. The summed E-state index contributed by atoms with van der Waals surface area (Å²) in [6.45, 7) is 9.63. The summed E-state index contributed by atoms with van der Waals surface area (Å²) in [6, 6.07) is 0. The van der Waals surface area contributed by atoms with E-state index in [9.17, 15) is 9.90 Å². The molecular weight excluding hydrogens is 288 g/mol. The number of ether oxygens (including phenoxy) is 1. The highest BCUT2D eigenvalue weighted by Gasteiger charge is 2.36. The van der Waals surface area contributed by atoms with Gasteiger partial charge in [-0.05, 0) is 33.6 Å². The van der Waals surface area contributed by atoms with Crippen LogP contribution in [0.15, 0.2) is 0 Å². The van der Waals surface area contributed by atoms with Crippen molar-refractivity contribution in [3.05, 3.63) is 0 Å². The molecule has 2 aliphatic rings. The first-order chi connectivity index (χ1) is 9.77. The summed E-state index contributed by atoms with van der Waals surface area (Å²) in [5.41, 5.74) is -1.11. The maximum absolute atomic E-state index is 12.0. The Bertz CT molecular complexity index is 356. The van der Waals surface area contributed by atoms with E-state index < -0.39 is 11.2 Å². The average Bonchev–Trinajstić information content (AvgIpc) is 2.38. The van der Waals surface area contributed by atoms with E-state index in [2.05, 4.69) is 4.90 Å². The van der Waals surface area contributed by atoms with Crippen molar-refractivity contribution in [2.24, 2.45) is 0 Å². The molecule has 1 amide bonds. The van der Waals surface area contributed by atoms with Gasteiger partial charge in [0, 0.05) is 44.2 Å². The number of carbonyl (C=O) groups is 1. The summed E-state index contributed by atoms with van der Waals surface area (Å²) >= 11 is 1.98. The van der Waals surface area contributed by atoms with Gasteiger partial charge in [-0.1, -0.05) is 0 Å². The number of β-amino-alcohol motifs (C(OH)–C–C–N with tert-alkyl or cyclic N) is 1. The fraction of sp³-hybridized carbons (Fsp3) is 0.933. The molecule has 2 aliphatic heterocycles. The number of rotatable bonds is 2. The molecule has 2 saturated heterocycles. The van der Waals surface area contributed by atoms with Gasteiger partial charge in [0.25, 0.3) is 0 Å². The third-order valence-corrected chi connectivity index (χ3v) is 4.91. The van der Waals surface area contributed by atoms with Gasteiger partial charge >= 0.3 is 6.09 Å². The number of hydrogen-bond donors (Lipinski definition) is 1. The molecule has 0 radical (unpaired) electrons. The van der Waals surface area contributed by atoms with Crippen LogP contribution in [0.25, 0.3) is 0 Å². The molecule has 0 bridgehead atoms. The lowest BCUT2D eigenvalue weighted by atomic mass is 9.91. The highest BCUT2D eigenvalue weighted by Crippen LogP contribution is 2.25. The minimum absolute atomic E-state index is 0.265. The van der Waals surface area contributed by atoms with Crippen molar-refractivity contribution in [1.82, 2.24) is 9.80 Å². The fourth-order valence-electron chi connectivity index (χ4n) is 2.77. The van der Waals surface area contributed by atoms with Crippen LogP contribution in [0.1, 0.15) is 33.6 Å². The average molecular weight is 316 g/mol. The Kier molecular flexibility index (Phi) is 5.43. The number of piperidine rings is 1. The molecule has 0 spiro atoms. The van der Waals surface area contributed by atoms with Crippen molar-refractivity contribution < 1.29 is 14.6 Å². The number of carbonyl (C=O) groups excluding carboxylic acids is 1. The second kappa shape index (κ2) is 6.75. The van der Waals surface area contributed by atoms with Crippen molar-refractivity contribution in [3.8, 4) is 0 Å². The lowest BCUT2D eigenvalue weighted by molar-refractivity contribution is -0.0488. The number of amides is 1. The Balaban J connectivity index is 1.80. The van der Waals surface area contributed by atoms with E-state index in [0.29, 0.717) is 25.9 Å². The van der Waals surface area contributed by atoms with Crippen LogP contribution in [-0.2, 0) is 4.74 Å². The minimum Gasteiger partial charge on any atom is -0.444 e. The molecule has 2 heterocycles. The molecule has 0 atom stereocenters. The van der Waals surface area contributed by atoms with Gasteiger partial charge in [0.15, 0.2) is 0 Å². The molecule has 5 nitrogen and oxygen atoms in total. The first-order valence-electron chi connectivity index (χ1n) is 7.78. The molecule has 0 saturated carbocycles. The molecule has 0 aromatic carbocycles. The zero-order chi connectivity index (χ0) is 15.5. The Morgan fingerprint density at radius 1 is 1.19 bits per heavy atom. The molecule has 0 unspecified atom stereocenters. The molecule has 122 valence electrons. The molecule has 0 aromatic rings. The largest absolute Gasteiger partial charge is 0.444 e. The number of nitrogens with zero attached hydrogens (tertiary/aromatic N) is 2. The summed E-state index contributed by atoms with van der Waals surface area (Å²) in [4.78, 5) is 16.1. The topological polar surface area (TPSA) is 53.0 Å². The lowest BCUT2D eigenvalue weighted by Crippen LogP contribution is -2.53. The molecule has 21 heavy (non-hydrogen) atoms. The van der Waals surface area contributed by atoms with Gasteiger partial charge in [0.1, 0.15) is 5.60 Å². The number of aliphatic hydroxyl groups is 1. The first-order valence-corrected chi connectivity index (χ1v) is 8.93. The number of likely N-dealkylation sites (tertiary alicyclic amines) is 1. The Morgan fingerprint density at radius 3 is 2.29 bits per heavy atom. The smallest absolute Gasteiger partial charge is 0.410 e. The number of hydrogen-bond acceptors (Lipinski definition) is 5. The Labute approximate surface area is 132 Å². The summed E-state index contributed by atoms with van der Waals surface area (Å²) in [5, 5.41) is 10.7. The quantitative estimate of drug-likeness (QED) is 0.842. The van der Waals surface area contributed by atoms with E-state index in [-0.39, 0.29) is 6.09 Å². The van der Waals surface area contributed by atoms with Crippen LogP contribution >= 0.6 is 11.8 Å². The van der Waals surface area contributed by atoms with Crippen LogP contribution in [0.2, 0.25) is 0 Å². The third kappa shape index (κ3) is 5.34. The summed E-state index contributed by atoms with van der Waals surface area (Å²) in [6.07, 6.45) is 1.00. The zero-order valence-corrected chi connectivity index (χ0v) is 14.2. The molecule has 6 heteroatoms. The zero-order valence-electron chi connectivity index (χ0n) is 13.4. The van der Waals surface area contributed by atoms with E-state index in [1.807, 2.05) is 32.5 Å². The maximum Gasteiger partial charge on any atom is 0.410 e. The second-order valence-electron chi connectivity index (χ2n) is 7.08. The van der Waals surface area contributed by atoms with Gasteiger partial charge in [-0.25, -0.2) is 4.79 Å². The van der Waals surface area contributed by atoms with E-state index >= 15 is 0 Å². The molecule has 0 aliphatic carbocycles. The van der Waals surface area contributed by atoms with Gasteiger partial charge in [0.05, 0.1) is 5.60 Å². The molecule has 1 N–H and O–H groups in total. The van der Waals surface area contributed by atoms with Gasteiger partial charge in [0.2, 0.25) is 0 Å². The van der Waals surface area contributed by atoms with Crippen LogP contribution in [0.3, 0.4) is 0 Å². The van der Waals surface area contributed by atoms with Crippen LogP contribution in [0.5, 0.6) is 0 Å². The molecular formula is C15H28N2O3S. The van der Waals surface area contributed by atoms with Gasteiger partial charge < -0.3 is 14.7 Å². The van der Waals surface area contributed by atoms with Gasteiger partial charge in [-0.3, -0.25) is 4.90 Å². The van der Waals surface area contributed by atoms with Gasteiger partial charge in [-0.15, -0.1) is 0 Å². The minimum atomic E-state index is -0.652. The van der Waals surface area contributed by atoms with Crippen LogP contribution < -0.4 is 0 Å². The number of thioether (sulfide) groups is 1. The van der Waals surface area contributed by atoms with Crippen molar-refractivity contribution in [2.45, 2.75) is 44.8 Å². The fourth-order valence-corrected chi connectivity index (χ4v) is 3.74. The first kappa shape index (κ1) is 16.9. The van der Waals surface area contributed by atoms with E-state index in [4.69, 9.17) is 4.74 Å². The van der Waals surface area contributed by atoms with Crippen molar-refractivity contribution in [3.63, 3.8) is 0 Å². The summed E-state index contributed by atoms with van der Waals surface area (Å²) in [5.74, 6) is 2.31. The standard InChI is InChI=1S/C15H28N2O3S/c1-14(2,3)20-13(18)17-6-4-15(19,5-7-17)12-16-8-10-21-11-9-16/h19H,4-12H2,1-3H3. The lowest BCUT2D eigenvalue weighted by Gasteiger charge is -2.41. The third-order valence-electron chi connectivity index (χ3n) is 3.97. The van der Waals surface area contributed by atoms with Crippen LogP contribution in [-0.4, -0.2) is 76.4 Å². The molecule has 2 rings (SSSR count). The van der Waals surface area contributed by atoms with E-state index in [0.717, 1.165) is 31.1 Å². The van der Waals surface area contributed by atoms with E-state index in [1.54, 1.807) is 4.90 Å². The predicted octanol–water partition coefficient (Wildman–Crippen LogP) is 1.80. The molecule has 2 fully saturated rings. The summed E-state index contributed by atoms with van der Waals surface area (Å²) in [7, 11) is 0. The second-order valence-corrected chi connectivity index (χ2v) is 8.30. The highest BCUT2D eigenvalue weighted by molar-refractivity contribution is 7.99.